The highest BCUT2D eigenvalue weighted by molar-refractivity contribution is 6.31. The Morgan fingerprint density at radius 1 is 1.16 bits per heavy atom. The number of hydrogen-bond acceptors (Lipinski definition) is 3. The minimum Gasteiger partial charge on any atom is -0.376 e. The van der Waals surface area contributed by atoms with Gasteiger partial charge in [-0.25, -0.2) is 0 Å². The van der Waals surface area contributed by atoms with E-state index < -0.39 is 5.41 Å². The van der Waals surface area contributed by atoms with Gasteiger partial charge in [0.25, 0.3) is 0 Å². The molecule has 0 aromatic heterocycles. The van der Waals surface area contributed by atoms with Crippen molar-refractivity contribution in [3.05, 3.63) is 58.1 Å². The molecule has 0 radical (unpaired) electrons. The average molecular weight is 357 g/mol. The molecule has 2 aromatic carbocycles. The molecular weight excluding hydrogens is 336 g/mol. The van der Waals surface area contributed by atoms with Crippen molar-refractivity contribution >= 4 is 28.9 Å². The summed E-state index contributed by atoms with van der Waals surface area (Å²) in [6.07, 6.45) is 0. The van der Waals surface area contributed by atoms with Crippen LogP contribution in [0.3, 0.4) is 0 Å². The monoisotopic (exact) mass is 356 g/mol. The van der Waals surface area contributed by atoms with E-state index in [-0.39, 0.29) is 11.4 Å². The number of carbonyl (C=O) groups is 1. The number of ether oxygens (including phenoxy) is 1. The number of hydrogen-bond donors (Lipinski definition) is 2. The summed E-state index contributed by atoms with van der Waals surface area (Å²) in [5.41, 5.74) is 4.29. The van der Waals surface area contributed by atoms with E-state index in [1.165, 1.54) is 0 Å². The summed E-state index contributed by atoms with van der Waals surface area (Å²) >= 11 is 6.31. The van der Waals surface area contributed by atoms with Crippen LogP contribution in [-0.2, 0) is 20.5 Å². The van der Waals surface area contributed by atoms with E-state index in [0.717, 1.165) is 33.1 Å². The first-order chi connectivity index (χ1) is 11.8. The van der Waals surface area contributed by atoms with Crippen molar-refractivity contribution < 1.29 is 9.53 Å². The minimum atomic E-state index is -0.491. The van der Waals surface area contributed by atoms with Crippen molar-refractivity contribution in [2.45, 2.75) is 31.7 Å². The van der Waals surface area contributed by atoms with Crippen molar-refractivity contribution in [3.63, 3.8) is 0 Å². The topological polar surface area (TPSA) is 50.4 Å². The lowest BCUT2D eigenvalue weighted by Gasteiger charge is -2.44. The summed E-state index contributed by atoms with van der Waals surface area (Å²) in [5.74, 6) is 0.0343. The highest BCUT2D eigenvalue weighted by atomic mass is 35.5. The highest BCUT2D eigenvalue weighted by Crippen LogP contribution is 2.41. The van der Waals surface area contributed by atoms with Gasteiger partial charge in [-0.05, 0) is 55.7 Å². The van der Waals surface area contributed by atoms with Crippen molar-refractivity contribution in [2.24, 2.45) is 0 Å². The quantitative estimate of drug-likeness (QED) is 0.865. The Hall–Kier alpha value is -2.04. The number of amides is 1. The largest absolute Gasteiger partial charge is 0.376 e. The Labute approximate surface area is 152 Å². The summed E-state index contributed by atoms with van der Waals surface area (Å²) in [5, 5.41) is 7.35. The molecule has 2 N–H and O–H groups in total. The second-order valence-corrected chi connectivity index (χ2v) is 7.86. The summed E-state index contributed by atoms with van der Waals surface area (Å²) in [7, 11) is 0. The van der Waals surface area contributed by atoms with E-state index in [4.69, 9.17) is 16.3 Å². The number of carbonyl (C=O) groups excluding carboxylic acids is 1. The molecule has 0 saturated carbocycles. The molecule has 0 spiro atoms. The van der Waals surface area contributed by atoms with Crippen LogP contribution in [-0.4, -0.2) is 19.1 Å². The van der Waals surface area contributed by atoms with E-state index in [1.54, 1.807) is 0 Å². The van der Waals surface area contributed by atoms with E-state index in [1.807, 2.05) is 51.1 Å². The van der Waals surface area contributed by atoms with E-state index >= 15 is 0 Å². The van der Waals surface area contributed by atoms with Gasteiger partial charge >= 0.3 is 0 Å². The zero-order valence-electron chi connectivity index (χ0n) is 14.6. The van der Waals surface area contributed by atoms with E-state index in [9.17, 15) is 4.79 Å². The number of anilines is 2. The SMILES string of the molecule is Cc1c(Cl)cccc1C1(Nc2ccc3c(c2)NC(=O)C3(C)C)COC1. The molecule has 0 bridgehead atoms. The van der Waals surface area contributed by atoms with Crippen LogP contribution in [0.25, 0.3) is 0 Å². The number of benzene rings is 2. The third kappa shape index (κ3) is 2.43. The zero-order valence-corrected chi connectivity index (χ0v) is 15.3. The third-order valence-electron chi connectivity index (χ3n) is 5.37. The molecule has 1 amide bonds. The van der Waals surface area contributed by atoms with Gasteiger partial charge in [-0.1, -0.05) is 29.8 Å². The summed E-state index contributed by atoms with van der Waals surface area (Å²) in [6, 6.07) is 12.0. The van der Waals surface area contributed by atoms with Crippen molar-refractivity contribution in [3.8, 4) is 0 Å². The van der Waals surface area contributed by atoms with Gasteiger partial charge in [-0.15, -0.1) is 0 Å². The molecule has 2 aliphatic heterocycles. The maximum absolute atomic E-state index is 12.2. The van der Waals surface area contributed by atoms with Crippen molar-refractivity contribution in [1.29, 1.82) is 0 Å². The first-order valence-electron chi connectivity index (χ1n) is 8.41. The van der Waals surface area contributed by atoms with Crippen LogP contribution in [0.15, 0.2) is 36.4 Å². The first-order valence-corrected chi connectivity index (χ1v) is 8.79. The molecule has 1 fully saturated rings. The Bertz CT molecular complexity index is 872. The van der Waals surface area contributed by atoms with E-state index in [0.29, 0.717) is 13.2 Å². The van der Waals surface area contributed by atoms with Crippen LogP contribution in [0.4, 0.5) is 11.4 Å². The standard InChI is InChI=1S/C20H21ClN2O2/c1-12-14(5-4-6-16(12)21)20(10-25-11-20)23-13-7-8-15-17(9-13)22-18(24)19(15,2)3/h4-9,23H,10-11H2,1-3H3,(H,22,24). The predicted octanol–water partition coefficient (Wildman–Crippen LogP) is 4.22. The summed E-state index contributed by atoms with van der Waals surface area (Å²) < 4.78 is 5.53. The fraction of sp³-hybridized carbons (Fsp3) is 0.350. The van der Waals surface area contributed by atoms with Crippen LogP contribution < -0.4 is 10.6 Å². The molecule has 5 heteroatoms. The maximum Gasteiger partial charge on any atom is 0.234 e. The smallest absolute Gasteiger partial charge is 0.234 e. The molecule has 25 heavy (non-hydrogen) atoms. The number of nitrogens with one attached hydrogen (secondary N) is 2. The molecule has 1 saturated heterocycles. The molecular formula is C20H21ClN2O2. The lowest BCUT2D eigenvalue weighted by Crippen LogP contribution is -2.53. The minimum absolute atomic E-state index is 0.0343. The van der Waals surface area contributed by atoms with E-state index in [2.05, 4.69) is 16.7 Å². The summed E-state index contributed by atoms with van der Waals surface area (Å²) in [4.78, 5) is 12.2. The second kappa shape index (κ2) is 5.48. The van der Waals surface area contributed by atoms with Gasteiger partial charge in [0.05, 0.1) is 18.6 Å². The maximum atomic E-state index is 12.2. The molecule has 0 aliphatic carbocycles. The molecule has 2 aliphatic rings. The first kappa shape index (κ1) is 16.4. The Kier molecular flexibility index (Phi) is 3.60. The highest BCUT2D eigenvalue weighted by Gasteiger charge is 2.43. The third-order valence-corrected chi connectivity index (χ3v) is 5.78. The van der Waals surface area contributed by atoms with Crippen LogP contribution in [0.5, 0.6) is 0 Å². The summed E-state index contributed by atoms with van der Waals surface area (Å²) in [6.45, 7) is 7.09. The van der Waals surface area contributed by atoms with Gasteiger partial charge in [0.15, 0.2) is 0 Å². The lowest BCUT2D eigenvalue weighted by molar-refractivity contribution is -0.119. The van der Waals surface area contributed by atoms with Gasteiger partial charge < -0.3 is 15.4 Å². The number of fused-ring (bicyclic) bond motifs is 1. The fourth-order valence-corrected chi connectivity index (χ4v) is 3.85. The Morgan fingerprint density at radius 2 is 1.92 bits per heavy atom. The zero-order chi connectivity index (χ0) is 17.8. The molecule has 4 nitrogen and oxygen atoms in total. The van der Waals surface area contributed by atoms with Crippen LogP contribution >= 0.6 is 11.6 Å². The predicted molar refractivity (Wildman–Crippen MR) is 100 cm³/mol. The average Bonchev–Trinajstić information content (AvgIpc) is 2.75. The van der Waals surface area contributed by atoms with Gasteiger partial charge in [0.1, 0.15) is 5.54 Å². The number of halogens is 1. The van der Waals surface area contributed by atoms with Crippen molar-refractivity contribution in [1.82, 2.24) is 0 Å². The van der Waals surface area contributed by atoms with Crippen molar-refractivity contribution in [2.75, 3.05) is 23.8 Å². The molecule has 0 atom stereocenters. The van der Waals surface area contributed by atoms with Gasteiger partial charge in [0, 0.05) is 16.4 Å². The Morgan fingerprint density at radius 3 is 2.60 bits per heavy atom. The van der Waals surface area contributed by atoms with Crippen LogP contribution in [0.2, 0.25) is 5.02 Å². The normalized spacial score (nSPS) is 19.8. The second-order valence-electron chi connectivity index (χ2n) is 7.45. The Balaban J connectivity index is 1.69. The lowest BCUT2D eigenvalue weighted by atomic mass is 9.84. The van der Waals surface area contributed by atoms with Gasteiger partial charge in [0.2, 0.25) is 5.91 Å². The van der Waals surface area contributed by atoms with Gasteiger partial charge in [-0.3, -0.25) is 4.79 Å². The molecule has 0 unspecified atom stereocenters. The molecule has 4 rings (SSSR count). The van der Waals surface area contributed by atoms with Gasteiger partial charge in [-0.2, -0.15) is 0 Å². The molecule has 2 heterocycles. The molecule has 130 valence electrons. The fourth-order valence-electron chi connectivity index (χ4n) is 3.67. The van der Waals surface area contributed by atoms with Crippen LogP contribution in [0, 0.1) is 6.92 Å². The number of rotatable bonds is 3. The van der Waals surface area contributed by atoms with Crippen LogP contribution in [0.1, 0.15) is 30.5 Å². The molecule has 2 aromatic rings.